The molecule has 18 heavy (non-hydrogen) atoms. The molecular formula is C14H22N2O2. The van der Waals surface area contributed by atoms with E-state index in [1.807, 2.05) is 44.2 Å². The second kappa shape index (κ2) is 7.71. The lowest BCUT2D eigenvalue weighted by Crippen LogP contribution is -2.41. The molecule has 2 unspecified atom stereocenters. The number of aliphatic hydroxyl groups excluding tert-OH is 1. The van der Waals surface area contributed by atoms with Gasteiger partial charge < -0.3 is 15.7 Å². The Morgan fingerprint density at radius 1 is 1.22 bits per heavy atom. The van der Waals surface area contributed by atoms with Crippen molar-refractivity contribution in [3.05, 3.63) is 35.9 Å². The molecule has 0 heterocycles. The van der Waals surface area contributed by atoms with Gasteiger partial charge in [-0.2, -0.15) is 0 Å². The smallest absolute Gasteiger partial charge is 0.315 e. The second-order valence-corrected chi connectivity index (χ2v) is 4.52. The van der Waals surface area contributed by atoms with Crippen LogP contribution in [0.1, 0.15) is 38.3 Å². The maximum Gasteiger partial charge on any atom is 0.315 e. The van der Waals surface area contributed by atoms with Gasteiger partial charge >= 0.3 is 6.03 Å². The Kier molecular flexibility index (Phi) is 6.22. The summed E-state index contributed by atoms with van der Waals surface area (Å²) < 4.78 is 0. The molecule has 0 aliphatic heterocycles. The van der Waals surface area contributed by atoms with Crippen molar-refractivity contribution in [2.45, 2.75) is 38.8 Å². The van der Waals surface area contributed by atoms with Gasteiger partial charge in [0.05, 0.1) is 6.04 Å². The maximum atomic E-state index is 11.7. The molecule has 0 aliphatic carbocycles. The molecule has 0 saturated carbocycles. The number of carbonyl (C=O) groups excluding carboxylic acids is 1. The fourth-order valence-corrected chi connectivity index (χ4v) is 1.76. The molecule has 100 valence electrons. The lowest BCUT2D eigenvalue weighted by atomic mass is 10.1. The Morgan fingerprint density at radius 3 is 2.50 bits per heavy atom. The Hall–Kier alpha value is -1.55. The van der Waals surface area contributed by atoms with Crippen LogP contribution in [0.3, 0.4) is 0 Å². The van der Waals surface area contributed by atoms with Gasteiger partial charge in [0.25, 0.3) is 0 Å². The number of hydrogen-bond acceptors (Lipinski definition) is 2. The van der Waals surface area contributed by atoms with Crippen LogP contribution in [0, 0.1) is 0 Å². The lowest BCUT2D eigenvalue weighted by molar-refractivity contribution is 0.231. The minimum atomic E-state index is -0.170. The highest BCUT2D eigenvalue weighted by atomic mass is 16.3. The van der Waals surface area contributed by atoms with Crippen molar-refractivity contribution in [3.8, 4) is 0 Å². The van der Waals surface area contributed by atoms with Crippen molar-refractivity contribution in [1.82, 2.24) is 10.6 Å². The largest absolute Gasteiger partial charge is 0.396 e. The van der Waals surface area contributed by atoms with Crippen molar-refractivity contribution in [3.63, 3.8) is 0 Å². The minimum Gasteiger partial charge on any atom is -0.396 e. The maximum absolute atomic E-state index is 11.7. The van der Waals surface area contributed by atoms with E-state index >= 15 is 0 Å². The number of urea groups is 1. The first-order chi connectivity index (χ1) is 8.63. The van der Waals surface area contributed by atoms with Crippen LogP contribution in [0.25, 0.3) is 0 Å². The molecule has 1 aromatic carbocycles. The molecule has 4 heteroatoms. The third-order valence-electron chi connectivity index (χ3n) is 2.82. The van der Waals surface area contributed by atoms with Crippen LogP contribution in [0.15, 0.2) is 30.3 Å². The van der Waals surface area contributed by atoms with Gasteiger partial charge in [0.15, 0.2) is 0 Å². The average molecular weight is 250 g/mol. The van der Waals surface area contributed by atoms with E-state index in [2.05, 4.69) is 10.6 Å². The summed E-state index contributed by atoms with van der Waals surface area (Å²) in [6.45, 7) is 4.05. The summed E-state index contributed by atoms with van der Waals surface area (Å²) in [4.78, 5) is 11.7. The molecule has 4 nitrogen and oxygen atoms in total. The first-order valence-corrected chi connectivity index (χ1v) is 6.36. The number of amides is 2. The SMILES string of the molecule is CC(CCCO)NC(=O)NC(C)c1ccccc1. The predicted octanol–water partition coefficient (Wildman–Crippen LogP) is 2.21. The number of aliphatic hydroxyl groups is 1. The zero-order chi connectivity index (χ0) is 13.4. The van der Waals surface area contributed by atoms with Crippen molar-refractivity contribution in [2.75, 3.05) is 6.61 Å². The third-order valence-corrected chi connectivity index (χ3v) is 2.82. The van der Waals surface area contributed by atoms with E-state index in [1.165, 1.54) is 0 Å². The van der Waals surface area contributed by atoms with Crippen LogP contribution in [-0.4, -0.2) is 23.8 Å². The van der Waals surface area contributed by atoms with Crippen LogP contribution in [0.2, 0.25) is 0 Å². The topological polar surface area (TPSA) is 61.4 Å². The number of rotatable bonds is 6. The summed E-state index contributed by atoms with van der Waals surface area (Å²) in [5.41, 5.74) is 1.08. The van der Waals surface area contributed by atoms with E-state index in [0.717, 1.165) is 12.0 Å². The minimum absolute atomic E-state index is 0.0174. The fourth-order valence-electron chi connectivity index (χ4n) is 1.76. The van der Waals surface area contributed by atoms with E-state index in [1.54, 1.807) is 0 Å². The summed E-state index contributed by atoms with van der Waals surface area (Å²) in [5, 5.41) is 14.5. The van der Waals surface area contributed by atoms with Gasteiger partial charge in [-0.25, -0.2) is 4.79 Å². The molecule has 2 amide bonds. The van der Waals surface area contributed by atoms with Gasteiger partial charge in [0, 0.05) is 12.6 Å². The lowest BCUT2D eigenvalue weighted by Gasteiger charge is -2.18. The second-order valence-electron chi connectivity index (χ2n) is 4.52. The molecule has 0 aromatic heterocycles. The molecule has 0 bridgehead atoms. The zero-order valence-electron chi connectivity index (χ0n) is 11.0. The Bertz CT molecular complexity index is 354. The van der Waals surface area contributed by atoms with E-state index in [-0.39, 0.29) is 24.7 Å². The molecule has 0 spiro atoms. The van der Waals surface area contributed by atoms with Gasteiger partial charge in [-0.05, 0) is 32.3 Å². The van der Waals surface area contributed by atoms with Crippen molar-refractivity contribution in [2.24, 2.45) is 0 Å². The normalized spacial score (nSPS) is 13.7. The van der Waals surface area contributed by atoms with E-state index in [0.29, 0.717) is 6.42 Å². The highest BCUT2D eigenvalue weighted by Crippen LogP contribution is 2.10. The van der Waals surface area contributed by atoms with Crippen molar-refractivity contribution in [1.29, 1.82) is 0 Å². The summed E-state index contributed by atoms with van der Waals surface area (Å²) >= 11 is 0. The van der Waals surface area contributed by atoms with Gasteiger partial charge in [0.1, 0.15) is 0 Å². The van der Waals surface area contributed by atoms with Crippen LogP contribution in [-0.2, 0) is 0 Å². The van der Waals surface area contributed by atoms with Crippen molar-refractivity contribution >= 4 is 6.03 Å². The molecular weight excluding hydrogens is 228 g/mol. The quantitative estimate of drug-likeness (QED) is 0.725. The molecule has 3 N–H and O–H groups in total. The highest BCUT2D eigenvalue weighted by molar-refractivity contribution is 5.74. The van der Waals surface area contributed by atoms with E-state index < -0.39 is 0 Å². The van der Waals surface area contributed by atoms with Crippen molar-refractivity contribution < 1.29 is 9.90 Å². The monoisotopic (exact) mass is 250 g/mol. The molecule has 1 rings (SSSR count). The summed E-state index contributed by atoms with van der Waals surface area (Å²) in [6.07, 6.45) is 1.49. The number of carbonyl (C=O) groups is 1. The standard InChI is InChI=1S/C14H22N2O2/c1-11(7-6-10-17)15-14(18)16-12(2)13-8-4-3-5-9-13/h3-5,8-9,11-12,17H,6-7,10H2,1-2H3,(H2,15,16,18). The van der Waals surface area contributed by atoms with Crippen LogP contribution in [0.4, 0.5) is 4.79 Å². The first-order valence-electron chi connectivity index (χ1n) is 6.36. The van der Waals surface area contributed by atoms with E-state index in [9.17, 15) is 4.79 Å². The summed E-state index contributed by atoms with van der Waals surface area (Å²) in [5.74, 6) is 0. The predicted molar refractivity (Wildman–Crippen MR) is 72.3 cm³/mol. The zero-order valence-corrected chi connectivity index (χ0v) is 11.0. The molecule has 1 aromatic rings. The summed E-state index contributed by atoms with van der Waals surface area (Å²) in [6, 6.07) is 9.71. The molecule has 2 atom stereocenters. The summed E-state index contributed by atoms with van der Waals surface area (Å²) in [7, 11) is 0. The molecule has 0 radical (unpaired) electrons. The Balaban J connectivity index is 2.36. The first kappa shape index (κ1) is 14.5. The van der Waals surface area contributed by atoms with Gasteiger partial charge in [-0.15, -0.1) is 0 Å². The Labute approximate surface area is 108 Å². The van der Waals surface area contributed by atoms with Gasteiger partial charge in [-0.3, -0.25) is 0 Å². The van der Waals surface area contributed by atoms with Gasteiger partial charge in [-0.1, -0.05) is 30.3 Å². The number of benzene rings is 1. The number of nitrogens with one attached hydrogen (secondary N) is 2. The fraction of sp³-hybridized carbons (Fsp3) is 0.500. The van der Waals surface area contributed by atoms with Crippen LogP contribution in [0.5, 0.6) is 0 Å². The Morgan fingerprint density at radius 2 is 1.89 bits per heavy atom. The van der Waals surface area contributed by atoms with Crippen LogP contribution < -0.4 is 10.6 Å². The average Bonchev–Trinajstić information content (AvgIpc) is 2.37. The molecule has 0 fully saturated rings. The number of hydrogen-bond donors (Lipinski definition) is 3. The molecule has 0 aliphatic rings. The van der Waals surface area contributed by atoms with Gasteiger partial charge in [0.2, 0.25) is 0 Å². The third kappa shape index (κ3) is 5.19. The highest BCUT2D eigenvalue weighted by Gasteiger charge is 2.10. The molecule has 0 saturated heterocycles. The van der Waals surface area contributed by atoms with Crippen LogP contribution >= 0.6 is 0 Å². The van der Waals surface area contributed by atoms with E-state index in [4.69, 9.17) is 5.11 Å².